The Hall–Kier alpha value is -1.72. The Labute approximate surface area is 94.8 Å². The van der Waals surface area contributed by atoms with Crippen molar-refractivity contribution in [3.05, 3.63) is 29.3 Å². The Morgan fingerprint density at radius 2 is 2.18 bits per heavy atom. The molecule has 0 aromatic heterocycles. The highest BCUT2D eigenvalue weighted by Crippen LogP contribution is 2.40. The number of benzene rings is 1. The number of hydrogen-bond acceptors (Lipinski definition) is 2. The predicted molar refractivity (Wildman–Crippen MR) is 51.9 cm³/mol. The van der Waals surface area contributed by atoms with Gasteiger partial charge in [0.05, 0.1) is 18.6 Å². The molecule has 1 N–H and O–H groups in total. The maximum Gasteiger partial charge on any atom is 0.416 e. The molecular weight excluding hydrogens is 237 g/mol. The Bertz CT molecular complexity index is 454. The molecule has 1 aromatic carbocycles. The number of carboxylic acids is 1. The quantitative estimate of drug-likeness (QED) is 0.872. The zero-order valence-electron chi connectivity index (χ0n) is 8.62. The van der Waals surface area contributed by atoms with E-state index in [4.69, 9.17) is 9.84 Å². The zero-order valence-corrected chi connectivity index (χ0v) is 8.62. The molecule has 1 aliphatic rings. The third-order valence-corrected chi connectivity index (χ3v) is 2.64. The summed E-state index contributed by atoms with van der Waals surface area (Å²) in [6.07, 6.45) is -4.65. The Morgan fingerprint density at radius 1 is 1.47 bits per heavy atom. The third-order valence-electron chi connectivity index (χ3n) is 2.64. The van der Waals surface area contributed by atoms with Crippen molar-refractivity contribution >= 4 is 5.97 Å². The van der Waals surface area contributed by atoms with Crippen LogP contribution in [-0.4, -0.2) is 17.7 Å². The molecule has 17 heavy (non-hydrogen) atoms. The number of aliphatic carboxylic acids is 1. The maximum atomic E-state index is 12.5. The Kier molecular flexibility index (Phi) is 2.73. The van der Waals surface area contributed by atoms with Crippen molar-refractivity contribution in [3.63, 3.8) is 0 Å². The molecule has 0 amide bonds. The maximum absolute atomic E-state index is 12.5. The molecule has 0 saturated heterocycles. The smallest absolute Gasteiger partial charge is 0.416 e. The van der Waals surface area contributed by atoms with Crippen molar-refractivity contribution in [1.82, 2.24) is 0 Å². The number of rotatable bonds is 2. The number of carbonyl (C=O) groups is 1. The first-order valence-corrected chi connectivity index (χ1v) is 4.93. The van der Waals surface area contributed by atoms with Gasteiger partial charge >= 0.3 is 12.1 Å². The van der Waals surface area contributed by atoms with Crippen molar-refractivity contribution in [2.24, 2.45) is 0 Å². The first-order chi connectivity index (χ1) is 7.88. The number of halogens is 3. The Morgan fingerprint density at radius 3 is 2.76 bits per heavy atom. The molecule has 1 atom stereocenters. The van der Waals surface area contributed by atoms with Gasteiger partial charge in [-0.3, -0.25) is 4.79 Å². The van der Waals surface area contributed by atoms with E-state index in [-0.39, 0.29) is 13.0 Å². The average Bonchev–Trinajstić information content (AvgIpc) is 2.59. The van der Waals surface area contributed by atoms with Crippen LogP contribution in [0.15, 0.2) is 18.2 Å². The van der Waals surface area contributed by atoms with Gasteiger partial charge in [-0.15, -0.1) is 0 Å². The summed E-state index contributed by atoms with van der Waals surface area (Å²) in [5.41, 5.74) is -0.459. The summed E-state index contributed by atoms with van der Waals surface area (Å²) in [6.45, 7) is 0.114. The summed E-state index contributed by atoms with van der Waals surface area (Å²) in [5.74, 6) is -1.22. The lowest BCUT2D eigenvalue weighted by atomic mass is 9.96. The van der Waals surface area contributed by atoms with E-state index in [1.807, 2.05) is 0 Å². The van der Waals surface area contributed by atoms with Crippen LogP contribution in [0, 0.1) is 0 Å². The second-order valence-electron chi connectivity index (χ2n) is 3.86. The lowest BCUT2D eigenvalue weighted by molar-refractivity contribution is -0.138. The number of ether oxygens (including phenoxy) is 1. The molecule has 1 aromatic rings. The number of hydrogen-bond donors (Lipinski definition) is 1. The SMILES string of the molecule is O=C(O)CC1COc2ccc(C(F)(F)F)cc21. The molecule has 0 saturated carbocycles. The van der Waals surface area contributed by atoms with E-state index in [2.05, 4.69) is 0 Å². The number of alkyl halides is 3. The summed E-state index contributed by atoms with van der Waals surface area (Å²) < 4.78 is 42.6. The fraction of sp³-hybridized carbons (Fsp3) is 0.364. The number of carboxylic acid groups (broad SMARTS) is 1. The van der Waals surface area contributed by atoms with Crippen molar-refractivity contribution in [3.8, 4) is 5.75 Å². The molecule has 1 unspecified atom stereocenters. The van der Waals surface area contributed by atoms with E-state index in [0.29, 0.717) is 11.3 Å². The predicted octanol–water partition coefficient (Wildman–Crippen LogP) is 2.66. The van der Waals surface area contributed by atoms with Gasteiger partial charge in [-0.1, -0.05) is 0 Å². The fourth-order valence-corrected chi connectivity index (χ4v) is 1.84. The molecule has 1 heterocycles. The minimum absolute atomic E-state index is 0.114. The molecule has 3 nitrogen and oxygen atoms in total. The van der Waals surface area contributed by atoms with Crippen molar-refractivity contribution < 1.29 is 27.8 Å². The van der Waals surface area contributed by atoms with Crippen LogP contribution in [0.25, 0.3) is 0 Å². The van der Waals surface area contributed by atoms with Gasteiger partial charge in [-0.2, -0.15) is 13.2 Å². The Balaban J connectivity index is 2.34. The van der Waals surface area contributed by atoms with Gasteiger partial charge in [0.15, 0.2) is 0 Å². The lowest BCUT2D eigenvalue weighted by Gasteiger charge is -2.09. The zero-order chi connectivity index (χ0) is 12.6. The molecular formula is C11H9F3O3. The average molecular weight is 246 g/mol. The monoisotopic (exact) mass is 246 g/mol. The molecule has 0 radical (unpaired) electrons. The molecule has 0 fully saturated rings. The standard InChI is InChI=1S/C11H9F3O3/c12-11(13,14)7-1-2-9-8(4-7)6(5-17-9)3-10(15)16/h1-2,4,6H,3,5H2,(H,15,16). The van der Waals surface area contributed by atoms with E-state index >= 15 is 0 Å². The van der Waals surface area contributed by atoms with E-state index in [1.54, 1.807) is 0 Å². The largest absolute Gasteiger partial charge is 0.493 e. The van der Waals surface area contributed by atoms with Crippen LogP contribution in [-0.2, 0) is 11.0 Å². The lowest BCUT2D eigenvalue weighted by Crippen LogP contribution is -2.09. The van der Waals surface area contributed by atoms with Gasteiger partial charge in [-0.25, -0.2) is 0 Å². The summed E-state index contributed by atoms with van der Waals surface area (Å²) in [7, 11) is 0. The first kappa shape index (κ1) is 11.8. The molecule has 92 valence electrons. The van der Waals surface area contributed by atoms with Gasteiger partial charge in [0.2, 0.25) is 0 Å². The fourth-order valence-electron chi connectivity index (χ4n) is 1.84. The highest BCUT2D eigenvalue weighted by Gasteiger charge is 2.34. The van der Waals surface area contributed by atoms with Gasteiger partial charge in [0.25, 0.3) is 0 Å². The van der Waals surface area contributed by atoms with Crippen LogP contribution >= 0.6 is 0 Å². The van der Waals surface area contributed by atoms with Crippen LogP contribution in [0.5, 0.6) is 5.75 Å². The second-order valence-corrected chi connectivity index (χ2v) is 3.86. The van der Waals surface area contributed by atoms with Crippen LogP contribution in [0.4, 0.5) is 13.2 Å². The summed E-state index contributed by atoms with van der Waals surface area (Å²) in [5, 5.41) is 8.65. The molecule has 0 bridgehead atoms. The second kappa shape index (κ2) is 3.94. The van der Waals surface area contributed by atoms with Gasteiger partial charge in [0, 0.05) is 11.5 Å². The van der Waals surface area contributed by atoms with E-state index in [0.717, 1.165) is 12.1 Å². The third kappa shape index (κ3) is 2.35. The van der Waals surface area contributed by atoms with Crippen LogP contribution in [0.2, 0.25) is 0 Å². The molecule has 1 aliphatic heterocycles. The van der Waals surface area contributed by atoms with E-state index < -0.39 is 23.6 Å². The van der Waals surface area contributed by atoms with Crippen molar-refractivity contribution in [1.29, 1.82) is 0 Å². The summed E-state index contributed by atoms with van der Waals surface area (Å²) in [4.78, 5) is 10.6. The van der Waals surface area contributed by atoms with Gasteiger partial charge in [-0.05, 0) is 18.2 Å². The molecule has 2 rings (SSSR count). The van der Waals surface area contributed by atoms with Gasteiger partial charge in [0.1, 0.15) is 5.75 Å². The highest BCUT2D eigenvalue weighted by atomic mass is 19.4. The van der Waals surface area contributed by atoms with E-state index in [9.17, 15) is 18.0 Å². The molecule has 0 spiro atoms. The van der Waals surface area contributed by atoms with Crippen molar-refractivity contribution in [2.45, 2.75) is 18.5 Å². The summed E-state index contributed by atoms with van der Waals surface area (Å²) in [6, 6.07) is 3.14. The molecule has 0 aliphatic carbocycles. The normalized spacial score (nSPS) is 18.6. The van der Waals surface area contributed by atoms with Crippen molar-refractivity contribution in [2.75, 3.05) is 6.61 Å². The minimum Gasteiger partial charge on any atom is -0.493 e. The molecule has 6 heteroatoms. The van der Waals surface area contributed by atoms with Gasteiger partial charge < -0.3 is 9.84 Å². The van der Waals surface area contributed by atoms with Crippen LogP contribution < -0.4 is 4.74 Å². The summed E-state index contributed by atoms with van der Waals surface area (Å²) >= 11 is 0. The highest BCUT2D eigenvalue weighted by molar-refractivity contribution is 5.68. The topological polar surface area (TPSA) is 46.5 Å². The first-order valence-electron chi connectivity index (χ1n) is 4.93. The van der Waals surface area contributed by atoms with Crippen LogP contribution in [0.3, 0.4) is 0 Å². The van der Waals surface area contributed by atoms with E-state index in [1.165, 1.54) is 6.07 Å². The number of fused-ring (bicyclic) bond motifs is 1. The van der Waals surface area contributed by atoms with Crippen LogP contribution in [0.1, 0.15) is 23.5 Å². The minimum atomic E-state index is -4.43.